The molecule has 164 valence electrons. The topological polar surface area (TPSA) is 117 Å². The molecule has 0 atom stereocenters. The Balaban J connectivity index is 1.48. The second-order valence-electron chi connectivity index (χ2n) is 7.75. The van der Waals surface area contributed by atoms with E-state index in [1.807, 2.05) is 54.6 Å². The van der Waals surface area contributed by atoms with E-state index in [2.05, 4.69) is 21.2 Å². The molecule has 0 radical (unpaired) electrons. The highest BCUT2D eigenvalue weighted by atomic mass is 16.5. The number of rotatable bonds is 4. The number of fused-ring (bicyclic) bond motifs is 3. The number of hydroxylamine groups is 1. The Morgan fingerprint density at radius 3 is 2.35 bits per heavy atom. The van der Waals surface area contributed by atoms with Crippen LogP contribution in [0.25, 0.3) is 56.1 Å². The molecule has 1 amide bonds. The normalized spacial score (nSPS) is 11.2. The Labute approximate surface area is 192 Å². The van der Waals surface area contributed by atoms with Crippen LogP contribution in [0, 0.1) is 0 Å². The number of nitrogens with one attached hydrogen (secondary N) is 2. The molecule has 3 aromatic carbocycles. The number of amides is 1. The summed E-state index contributed by atoms with van der Waals surface area (Å²) >= 11 is 0. The summed E-state index contributed by atoms with van der Waals surface area (Å²) in [6.07, 6.45) is 0. The molecule has 0 unspecified atom stereocenters. The van der Waals surface area contributed by atoms with Gasteiger partial charge in [-0.1, -0.05) is 48.5 Å². The fraction of sp³-hybridized carbons (Fsp3) is 0. The van der Waals surface area contributed by atoms with Gasteiger partial charge in [-0.15, -0.1) is 10.2 Å². The summed E-state index contributed by atoms with van der Waals surface area (Å²) in [6.45, 7) is 0. The van der Waals surface area contributed by atoms with Crippen LogP contribution in [0.4, 0.5) is 0 Å². The monoisotopic (exact) mass is 447 g/mol. The summed E-state index contributed by atoms with van der Waals surface area (Å²) in [6, 6.07) is 26.5. The van der Waals surface area contributed by atoms with E-state index < -0.39 is 5.91 Å². The third kappa shape index (κ3) is 3.30. The van der Waals surface area contributed by atoms with Gasteiger partial charge in [0.15, 0.2) is 0 Å². The molecule has 0 bridgehead atoms. The van der Waals surface area contributed by atoms with Crippen LogP contribution in [0.3, 0.4) is 0 Å². The van der Waals surface area contributed by atoms with Gasteiger partial charge in [0.1, 0.15) is 5.69 Å². The smallest absolute Gasteiger partial charge is 0.274 e. The van der Waals surface area contributed by atoms with E-state index in [0.717, 1.165) is 33.1 Å². The minimum absolute atomic E-state index is 0.288. The summed E-state index contributed by atoms with van der Waals surface area (Å²) in [4.78, 5) is 19.9. The van der Waals surface area contributed by atoms with Gasteiger partial charge in [0.05, 0.1) is 11.2 Å². The number of benzene rings is 3. The van der Waals surface area contributed by atoms with Gasteiger partial charge >= 0.3 is 0 Å². The van der Waals surface area contributed by atoms with Gasteiger partial charge in [0.2, 0.25) is 5.89 Å². The summed E-state index contributed by atoms with van der Waals surface area (Å²) < 4.78 is 5.97. The number of H-pyrrole nitrogens is 1. The highest BCUT2D eigenvalue weighted by Crippen LogP contribution is 2.35. The molecule has 6 rings (SSSR count). The van der Waals surface area contributed by atoms with Crippen molar-refractivity contribution in [3.05, 3.63) is 90.5 Å². The second kappa shape index (κ2) is 7.95. The molecule has 3 N–H and O–H groups in total. The predicted molar refractivity (Wildman–Crippen MR) is 127 cm³/mol. The lowest BCUT2D eigenvalue weighted by molar-refractivity contribution is 0.0706. The summed E-state index contributed by atoms with van der Waals surface area (Å²) in [5.74, 6) is -0.00739. The van der Waals surface area contributed by atoms with Crippen molar-refractivity contribution in [1.82, 2.24) is 25.6 Å². The van der Waals surface area contributed by atoms with Gasteiger partial charge < -0.3 is 9.40 Å². The number of pyridine rings is 1. The Morgan fingerprint density at radius 1 is 0.824 bits per heavy atom. The van der Waals surface area contributed by atoms with Crippen molar-refractivity contribution in [3.8, 4) is 34.3 Å². The first-order chi connectivity index (χ1) is 16.7. The molecule has 8 nitrogen and oxygen atoms in total. The third-order valence-electron chi connectivity index (χ3n) is 5.68. The largest absolute Gasteiger partial charge is 0.415 e. The molecular formula is C26H17N5O3. The molecule has 3 aromatic heterocycles. The highest BCUT2D eigenvalue weighted by molar-refractivity contribution is 6.12. The standard InChI is InChI=1S/C26H17N5O3/c32-24(31-33)16-10-12-17(13-11-16)25-29-30-26(34-25)21-14-19-18-8-4-5-9-20(18)27-23(19)22(28-21)15-6-2-1-3-7-15/h1-14,27,33H,(H,31,32). The number of para-hydroxylation sites is 1. The zero-order valence-electron chi connectivity index (χ0n) is 17.7. The Morgan fingerprint density at radius 2 is 1.56 bits per heavy atom. The quantitative estimate of drug-likeness (QED) is 0.252. The van der Waals surface area contributed by atoms with E-state index in [1.165, 1.54) is 0 Å². The first-order valence-electron chi connectivity index (χ1n) is 10.6. The molecule has 0 saturated heterocycles. The van der Waals surface area contributed by atoms with Crippen molar-refractivity contribution < 1.29 is 14.4 Å². The molecule has 3 heterocycles. The number of nitrogens with zero attached hydrogens (tertiary/aromatic N) is 3. The Hall–Kier alpha value is -4.82. The van der Waals surface area contributed by atoms with Crippen LogP contribution in [0.5, 0.6) is 0 Å². The van der Waals surface area contributed by atoms with Crippen LogP contribution in [0.2, 0.25) is 0 Å². The highest BCUT2D eigenvalue weighted by Gasteiger charge is 2.18. The maximum absolute atomic E-state index is 11.6. The van der Waals surface area contributed by atoms with E-state index in [-0.39, 0.29) is 5.89 Å². The minimum atomic E-state index is -0.595. The number of hydrogen-bond donors (Lipinski definition) is 3. The van der Waals surface area contributed by atoms with Crippen LogP contribution in [0.1, 0.15) is 10.4 Å². The maximum Gasteiger partial charge on any atom is 0.274 e. The summed E-state index contributed by atoms with van der Waals surface area (Å²) in [5, 5.41) is 19.3. The Bertz CT molecular complexity index is 1650. The molecule has 0 spiro atoms. The van der Waals surface area contributed by atoms with Crippen molar-refractivity contribution >= 4 is 27.7 Å². The first kappa shape index (κ1) is 19.8. The average molecular weight is 447 g/mol. The van der Waals surface area contributed by atoms with Crippen molar-refractivity contribution in [2.75, 3.05) is 0 Å². The lowest BCUT2D eigenvalue weighted by Crippen LogP contribution is -2.18. The molecule has 0 aliphatic rings. The SMILES string of the molecule is O=C(NO)c1ccc(-c2nnc(-c3cc4c([nH]c5ccccc54)c(-c4ccccc4)n3)o2)cc1. The van der Waals surface area contributed by atoms with Crippen molar-refractivity contribution in [1.29, 1.82) is 0 Å². The maximum atomic E-state index is 11.6. The second-order valence-corrected chi connectivity index (χ2v) is 7.75. The molecule has 0 aliphatic carbocycles. The summed E-state index contributed by atoms with van der Waals surface area (Å²) in [5.41, 5.74) is 6.85. The molecule has 6 aromatic rings. The molecule has 34 heavy (non-hydrogen) atoms. The molecule has 0 fully saturated rings. The summed E-state index contributed by atoms with van der Waals surface area (Å²) in [7, 11) is 0. The number of aromatic nitrogens is 4. The molecule has 0 aliphatic heterocycles. The van der Waals surface area contributed by atoms with Crippen molar-refractivity contribution in [3.63, 3.8) is 0 Å². The van der Waals surface area contributed by atoms with Gasteiger partial charge in [-0.05, 0) is 36.4 Å². The zero-order chi connectivity index (χ0) is 23.1. The van der Waals surface area contributed by atoms with Crippen molar-refractivity contribution in [2.24, 2.45) is 0 Å². The molecule has 8 heteroatoms. The van der Waals surface area contributed by atoms with E-state index >= 15 is 0 Å². The van der Waals surface area contributed by atoms with Gasteiger partial charge in [0.25, 0.3) is 11.8 Å². The van der Waals surface area contributed by atoms with Gasteiger partial charge in [-0.2, -0.15) is 0 Å². The lowest BCUT2D eigenvalue weighted by Gasteiger charge is -2.05. The predicted octanol–water partition coefficient (Wildman–Crippen LogP) is 5.22. The van der Waals surface area contributed by atoms with Crippen LogP contribution < -0.4 is 5.48 Å². The Kier molecular flexibility index (Phi) is 4.64. The van der Waals surface area contributed by atoms with E-state index in [4.69, 9.17) is 14.6 Å². The van der Waals surface area contributed by atoms with Crippen LogP contribution in [-0.4, -0.2) is 31.3 Å². The van der Waals surface area contributed by atoms with Crippen molar-refractivity contribution in [2.45, 2.75) is 0 Å². The minimum Gasteiger partial charge on any atom is -0.415 e. The van der Waals surface area contributed by atoms with Crippen LogP contribution in [-0.2, 0) is 0 Å². The fourth-order valence-electron chi connectivity index (χ4n) is 4.03. The van der Waals surface area contributed by atoms with Gasteiger partial charge in [0, 0.05) is 33.0 Å². The fourth-order valence-corrected chi connectivity index (χ4v) is 4.03. The average Bonchev–Trinajstić information content (AvgIpc) is 3.54. The number of carbonyl (C=O) groups is 1. The molecule has 0 saturated carbocycles. The number of hydrogen-bond acceptors (Lipinski definition) is 6. The molecular weight excluding hydrogens is 430 g/mol. The lowest BCUT2D eigenvalue weighted by atomic mass is 10.1. The van der Waals surface area contributed by atoms with E-state index in [9.17, 15) is 4.79 Å². The first-order valence-corrected chi connectivity index (χ1v) is 10.6. The number of aromatic amines is 1. The van der Waals surface area contributed by atoms with Gasteiger partial charge in [-0.3, -0.25) is 10.0 Å². The van der Waals surface area contributed by atoms with E-state index in [0.29, 0.717) is 22.7 Å². The number of carbonyl (C=O) groups excluding carboxylic acids is 1. The zero-order valence-corrected chi connectivity index (χ0v) is 17.7. The van der Waals surface area contributed by atoms with Crippen LogP contribution >= 0.6 is 0 Å². The third-order valence-corrected chi connectivity index (χ3v) is 5.68. The van der Waals surface area contributed by atoms with Gasteiger partial charge in [-0.25, -0.2) is 10.5 Å². The van der Waals surface area contributed by atoms with Crippen LogP contribution in [0.15, 0.2) is 89.3 Å². The van der Waals surface area contributed by atoms with E-state index in [1.54, 1.807) is 29.7 Å².